The van der Waals surface area contributed by atoms with Gasteiger partial charge in [0.2, 0.25) is 0 Å². The maximum absolute atomic E-state index is 12.4. The van der Waals surface area contributed by atoms with Gasteiger partial charge in [-0.3, -0.25) is 9.59 Å². The fourth-order valence-electron chi connectivity index (χ4n) is 2.46. The van der Waals surface area contributed by atoms with E-state index in [0.29, 0.717) is 5.56 Å². The number of likely N-dealkylation sites (N-methyl/N-ethyl adjacent to an activating group) is 1. The highest BCUT2D eigenvalue weighted by Crippen LogP contribution is 2.05. The van der Waals surface area contributed by atoms with E-state index in [-0.39, 0.29) is 17.5 Å². The fraction of sp³-hybridized carbons (Fsp3) is 0.333. The third kappa shape index (κ3) is 5.07. The number of carbonyl (C=O) groups is 1. The van der Waals surface area contributed by atoms with Crippen LogP contribution >= 0.6 is 0 Å². The van der Waals surface area contributed by atoms with E-state index in [4.69, 9.17) is 0 Å². The van der Waals surface area contributed by atoms with E-state index in [1.807, 2.05) is 49.3 Å². The first kappa shape index (κ1) is 17.0. The standard InChI is InChI=1S/C18H23N3O2/c1-20(2)13-16(11-14-7-5-4-6-8-14)19-18(23)15-9-10-21(3)17(22)12-15/h4-10,12,16H,11,13H2,1-3H3,(H,19,23)/t16-/m1/s1. The normalized spacial score (nSPS) is 12.2. The van der Waals surface area contributed by atoms with Crippen molar-refractivity contribution in [2.45, 2.75) is 12.5 Å². The fourth-order valence-corrected chi connectivity index (χ4v) is 2.46. The molecule has 0 aliphatic heterocycles. The van der Waals surface area contributed by atoms with Crippen molar-refractivity contribution in [1.29, 1.82) is 0 Å². The zero-order valence-corrected chi connectivity index (χ0v) is 13.8. The van der Waals surface area contributed by atoms with Crippen molar-refractivity contribution in [1.82, 2.24) is 14.8 Å². The molecule has 0 saturated carbocycles. The first-order valence-electron chi connectivity index (χ1n) is 7.62. The molecule has 122 valence electrons. The maximum Gasteiger partial charge on any atom is 0.251 e. The van der Waals surface area contributed by atoms with Crippen LogP contribution in [-0.2, 0) is 13.5 Å². The van der Waals surface area contributed by atoms with Gasteiger partial charge in [0.05, 0.1) is 0 Å². The Kier molecular flexibility index (Phi) is 5.71. The van der Waals surface area contributed by atoms with E-state index in [1.165, 1.54) is 16.2 Å². The molecule has 0 radical (unpaired) electrons. The summed E-state index contributed by atoms with van der Waals surface area (Å²) in [6, 6.07) is 13.1. The molecule has 23 heavy (non-hydrogen) atoms. The molecule has 0 fully saturated rings. The summed E-state index contributed by atoms with van der Waals surface area (Å²) in [6.45, 7) is 0.728. The van der Waals surface area contributed by atoms with E-state index < -0.39 is 0 Å². The van der Waals surface area contributed by atoms with Gasteiger partial charge in [-0.05, 0) is 32.1 Å². The highest BCUT2D eigenvalue weighted by molar-refractivity contribution is 5.94. The van der Waals surface area contributed by atoms with Gasteiger partial charge in [0.15, 0.2) is 0 Å². The van der Waals surface area contributed by atoms with Crippen molar-refractivity contribution in [2.24, 2.45) is 7.05 Å². The van der Waals surface area contributed by atoms with Crippen molar-refractivity contribution >= 4 is 5.91 Å². The van der Waals surface area contributed by atoms with E-state index in [2.05, 4.69) is 5.32 Å². The predicted octanol–water partition coefficient (Wildman–Crippen LogP) is 1.29. The Morgan fingerprint density at radius 3 is 2.52 bits per heavy atom. The molecular weight excluding hydrogens is 290 g/mol. The Hall–Kier alpha value is -2.40. The van der Waals surface area contributed by atoms with Crippen molar-refractivity contribution < 1.29 is 4.79 Å². The largest absolute Gasteiger partial charge is 0.348 e. The first-order valence-corrected chi connectivity index (χ1v) is 7.62. The lowest BCUT2D eigenvalue weighted by Crippen LogP contribution is -2.43. The maximum atomic E-state index is 12.4. The average Bonchev–Trinajstić information content (AvgIpc) is 2.50. The Labute approximate surface area is 136 Å². The van der Waals surface area contributed by atoms with Crippen LogP contribution in [0.15, 0.2) is 53.5 Å². The molecule has 2 aromatic rings. The molecule has 1 amide bonds. The molecular formula is C18H23N3O2. The molecule has 5 heteroatoms. The molecule has 1 heterocycles. The second-order valence-electron chi connectivity index (χ2n) is 5.99. The number of hydrogen-bond donors (Lipinski definition) is 1. The Morgan fingerprint density at radius 2 is 1.91 bits per heavy atom. The summed E-state index contributed by atoms with van der Waals surface area (Å²) in [6.07, 6.45) is 2.35. The van der Waals surface area contributed by atoms with E-state index in [0.717, 1.165) is 13.0 Å². The summed E-state index contributed by atoms with van der Waals surface area (Å²) in [4.78, 5) is 26.1. The SMILES string of the molecule is CN(C)C[C@@H](Cc1ccccc1)NC(=O)c1ccn(C)c(=O)c1. The molecule has 0 aliphatic carbocycles. The minimum Gasteiger partial charge on any atom is -0.348 e. The molecule has 1 aromatic carbocycles. The van der Waals surface area contributed by atoms with Gasteiger partial charge in [0, 0.05) is 37.5 Å². The quantitative estimate of drug-likeness (QED) is 0.874. The van der Waals surface area contributed by atoms with Gasteiger partial charge in [-0.1, -0.05) is 30.3 Å². The van der Waals surface area contributed by atoms with Gasteiger partial charge in [0.1, 0.15) is 0 Å². The smallest absolute Gasteiger partial charge is 0.251 e. The summed E-state index contributed by atoms with van der Waals surface area (Å²) in [5.74, 6) is -0.217. The predicted molar refractivity (Wildman–Crippen MR) is 91.6 cm³/mol. The lowest BCUT2D eigenvalue weighted by atomic mass is 10.1. The number of nitrogens with one attached hydrogen (secondary N) is 1. The Morgan fingerprint density at radius 1 is 1.22 bits per heavy atom. The highest BCUT2D eigenvalue weighted by atomic mass is 16.2. The van der Waals surface area contributed by atoms with Gasteiger partial charge >= 0.3 is 0 Å². The van der Waals surface area contributed by atoms with Crippen molar-refractivity contribution in [3.8, 4) is 0 Å². The zero-order valence-electron chi connectivity index (χ0n) is 13.8. The number of nitrogens with zero attached hydrogens (tertiary/aromatic N) is 2. The molecule has 0 aliphatic rings. The third-order valence-electron chi connectivity index (χ3n) is 3.61. The zero-order chi connectivity index (χ0) is 16.8. The van der Waals surface area contributed by atoms with Crippen LogP contribution in [0.2, 0.25) is 0 Å². The highest BCUT2D eigenvalue weighted by Gasteiger charge is 2.16. The summed E-state index contributed by atoms with van der Waals surface area (Å²) in [5, 5.41) is 3.03. The molecule has 0 spiro atoms. The molecule has 0 bridgehead atoms. The van der Waals surface area contributed by atoms with E-state index in [1.54, 1.807) is 19.3 Å². The average molecular weight is 313 g/mol. The molecule has 0 saturated heterocycles. The van der Waals surface area contributed by atoms with Crippen LogP contribution in [0, 0.1) is 0 Å². The molecule has 1 N–H and O–H groups in total. The van der Waals surface area contributed by atoms with Crippen LogP contribution in [0.5, 0.6) is 0 Å². The summed E-state index contributed by atoms with van der Waals surface area (Å²) in [5.41, 5.74) is 1.37. The summed E-state index contributed by atoms with van der Waals surface area (Å²) in [7, 11) is 5.61. The van der Waals surface area contributed by atoms with Crippen LogP contribution in [0.4, 0.5) is 0 Å². The monoisotopic (exact) mass is 313 g/mol. The number of hydrogen-bond acceptors (Lipinski definition) is 3. The molecule has 1 atom stereocenters. The van der Waals surface area contributed by atoms with Crippen molar-refractivity contribution in [3.63, 3.8) is 0 Å². The lowest BCUT2D eigenvalue weighted by molar-refractivity contribution is 0.0930. The van der Waals surface area contributed by atoms with Gasteiger partial charge in [-0.2, -0.15) is 0 Å². The number of rotatable bonds is 6. The van der Waals surface area contributed by atoms with E-state index >= 15 is 0 Å². The number of amides is 1. The van der Waals surface area contributed by atoms with Crippen LogP contribution < -0.4 is 10.9 Å². The third-order valence-corrected chi connectivity index (χ3v) is 3.61. The lowest BCUT2D eigenvalue weighted by Gasteiger charge is -2.22. The van der Waals surface area contributed by atoms with Gasteiger partial charge in [-0.15, -0.1) is 0 Å². The molecule has 1 aromatic heterocycles. The second-order valence-corrected chi connectivity index (χ2v) is 5.99. The van der Waals surface area contributed by atoms with Gasteiger partial charge < -0.3 is 14.8 Å². The minimum absolute atomic E-state index is 0.0241. The summed E-state index contributed by atoms with van der Waals surface area (Å²) >= 11 is 0. The number of aryl methyl sites for hydroxylation is 1. The molecule has 5 nitrogen and oxygen atoms in total. The number of pyridine rings is 1. The van der Waals surface area contributed by atoms with Crippen LogP contribution in [0.1, 0.15) is 15.9 Å². The van der Waals surface area contributed by atoms with Gasteiger partial charge in [-0.25, -0.2) is 0 Å². The van der Waals surface area contributed by atoms with E-state index in [9.17, 15) is 9.59 Å². The molecule has 2 rings (SSSR count). The van der Waals surface area contributed by atoms with Crippen LogP contribution in [0.25, 0.3) is 0 Å². The topological polar surface area (TPSA) is 54.3 Å². The number of benzene rings is 1. The minimum atomic E-state index is -0.217. The van der Waals surface area contributed by atoms with Crippen LogP contribution in [-0.4, -0.2) is 42.1 Å². The Bertz CT molecular complexity index is 708. The van der Waals surface area contributed by atoms with Gasteiger partial charge in [0.25, 0.3) is 11.5 Å². The van der Waals surface area contributed by atoms with Crippen LogP contribution in [0.3, 0.4) is 0 Å². The number of carbonyl (C=O) groups excluding carboxylic acids is 1. The summed E-state index contributed by atoms with van der Waals surface area (Å²) < 4.78 is 1.44. The second kappa shape index (κ2) is 7.74. The Balaban J connectivity index is 2.11. The first-order chi connectivity index (χ1) is 11.0. The van der Waals surface area contributed by atoms with Crippen molar-refractivity contribution in [2.75, 3.05) is 20.6 Å². The molecule has 0 unspecified atom stereocenters. The number of aromatic nitrogens is 1. The van der Waals surface area contributed by atoms with Crippen molar-refractivity contribution in [3.05, 3.63) is 70.1 Å².